The van der Waals surface area contributed by atoms with Gasteiger partial charge in [-0.3, -0.25) is 10.2 Å². The molecule has 4 nitrogen and oxygen atoms in total. The number of hydrogen-bond acceptors (Lipinski definition) is 4. The Morgan fingerprint density at radius 2 is 2.20 bits per heavy atom. The Morgan fingerprint density at radius 1 is 1.45 bits per heavy atom. The van der Waals surface area contributed by atoms with Crippen LogP contribution in [0.5, 0.6) is 0 Å². The first-order valence-corrected chi connectivity index (χ1v) is 8.13. The summed E-state index contributed by atoms with van der Waals surface area (Å²) in [6.45, 7) is 11.8. The van der Waals surface area contributed by atoms with Gasteiger partial charge in [-0.15, -0.1) is 0 Å². The van der Waals surface area contributed by atoms with E-state index >= 15 is 0 Å². The van der Waals surface area contributed by atoms with Crippen LogP contribution in [-0.2, 0) is 0 Å². The van der Waals surface area contributed by atoms with E-state index in [9.17, 15) is 5.26 Å². The molecule has 0 aromatic heterocycles. The molecule has 0 amide bonds. The Balaban J connectivity index is 2.34. The van der Waals surface area contributed by atoms with E-state index in [-0.39, 0.29) is 5.54 Å². The van der Waals surface area contributed by atoms with Gasteiger partial charge >= 0.3 is 0 Å². The lowest BCUT2D eigenvalue weighted by molar-refractivity contribution is 0.190. The zero-order valence-corrected chi connectivity index (χ0v) is 13.8. The van der Waals surface area contributed by atoms with Crippen LogP contribution < -0.4 is 5.32 Å². The molecule has 0 aromatic carbocycles. The SMILES string of the molecule is CCCNC(C)(C#N)CCN(C)CC1CCCN1CC. The van der Waals surface area contributed by atoms with E-state index in [0.717, 1.165) is 39.0 Å². The molecule has 116 valence electrons. The zero-order chi connectivity index (χ0) is 15.0. The standard InChI is InChI=1S/C16H32N4/c1-5-10-18-16(3,14-17)9-12-19(4)13-15-8-7-11-20(15)6-2/h15,18H,5-13H2,1-4H3. The summed E-state index contributed by atoms with van der Waals surface area (Å²) in [6, 6.07) is 3.14. The minimum atomic E-state index is -0.385. The van der Waals surface area contributed by atoms with Crippen molar-refractivity contribution < 1.29 is 0 Å². The summed E-state index contributed by atoms with van der Waals surface area (Å²) in [7, 11) is 2.18. The van der Waals surface area contributed by atoms with Crippen molar-refractivity contribution >= 4 is 0 Å². The smallest absolute Gasteiger partial charge is 0.105 e. The minimum absolute atomic E-state index is 0.385. The van der Waals surface area contributed by atoms with Crippen molar-refractivity contribution in [2.75, 3.05) is 39.8 Å². The normalized spacial score (nSPS) is 22.9. The largest absolute Gasteiger partial charge is 0.305 e. The van der Waals surface area contributed by atoms with E-state index in [1.165, 1.54) is 19.4 Å². The van der Waals surface area contributed by atoms with Gasteiger partial charge in [-0.05, 0) is 59.3 Å². The van der Waals surface area contributed by atoms with Crippen LogP contribution in [0.4, 0.5) is 0 Å². The molecule has 0 spiro atoms. The summed E-state index contributed by atoms with van der Waals surface area (Å²) in [4.78, 5) is 4.97. The Kier molecular flexibility index (Phi) is 7.50. The zero-order valence-electron chi connectivity index (χ0n) is 13.8. The van der Waals surface area contributed by atoms with Crippen molar-refractivity contribution in [1.82, 2.24) is 15.1 Å². The van der Waals surface area contributed by atoms with Gasteiger partial charge in [-0.1, -0.05) is 13.8 Å². The molecule has 0 aromatic rings. The van der Waals surface area contributed by atoms with E-state index < -0.39 is 0 Å². The van der Waals surface area contributed by atoms with Gasteiger partial charge in [-0.2, -0.15) is 5.26 Å². The Bertz CT molecular complexity index is 312. The average Bonchev–Trinajstić information content (AvgIpc) is 2.90. The van der Waals surface area contributed by atoms with Crippen LogP contribution in [0, 0.1) is 11.3 Å². The first-order valence-electron chi connectivity index (χ1n) is 8.13. The van der Waals surface area contributed by atoms with Gasteiger partial charge in [0.15, 0.2) is 0 Å². The van der Waals surface area contributed by atoms with Gasteiger partial charge in [-0.25, -0.2) is 0 Å². The van der Waals surface area contributed by atoms with E-state index in [1.54, 1.807) is 0 Å². The third kappa shape index (κ3) is 5.40. The molecule has 2 atom stereocenters. The molecule has 1 saturated heterocycles. The molecule has 1 fully saturated rings. The highest BCUT2D eigenvalue weighted by atomic mass is 15.2. The van der Waals surface area contributed by atoms with Gasteiger partial charge in [0, 0.05) is 19.1 Å². The number of hydrogen-bond donors (Lipinski definition) is 1. The van der Waals surface area contributed by atoms with Gasteiger partial charge in [0.2, 0.25) is 0 Å². The molecule has 1 rings (SSSR count). The van der Waals surface area contributed by atoms with E-state index in [4.69, 9.17) is 0 Å². The molecular formula is C16H32N4. The first kappa shape index (κ1) is 17.4. The second-order valence-corrected chi connectivity index (χ2v) is 6.31. The van der Waals surface area contributed by atoms with Crippen LogP contribution in [-0.4, -0.2) is 61.2 Å². The number of rotatable bonds is 9. The molecule has 1 N–H and O–H groups in total. The van der Waals surface area contributed by atoms with Crippen molar-refractivity contribution in [3.63, 3.8) is 0 Å². The van der Waals surface area contributed by atoms with Crippen LogP contribution in [0.15, 0.2) is 0 Å². The van der Waals surface area contributed by atoms with Gasteiger partial charge in [0.25, 0.3) is 0 Å². The van der Waals surface area contributed by atoms with Crippen LogP contribution in [0.2, 0.25) is 0 Å². The van der Waals surface area contributed by atoms with E-state index in [2.05, 4.69) is 42.1 Å². The van der Waals surface area contributed by atoms with Crippen LogP contribution >= 0.6 is 0 Å². The maximum absolute atomic E-state index is 9.35. The lowest BCUT2D eigenvalue weighted by Crippen LogP contribution is -2.45. The topological polar surface area (TPSA) is 42.3 Å². The second-order valence-electron chi connectivity index (χ2n) is 6.31. The second kappa shape index (κ2) is 8.61. The number of nitrogens with zero attached hydrogens (tertiary/aromatic N) is 3. The monoisotopic (exact) mass is 280 g/mol. The molecule has 0 aliphatic carbocycles. The molecular weight excluding hydrogens is 248 g/mol. The maximum Gasteiger partial charge on any atom is 0.105 e. The fourth-order valence-corrected chi connectivity index (χ4v) is 2.97. The minimum Gasteiger partial charge on any atom is -0.305 e. The highest BCUT2D eigenvalue weighted by molar-refractivity contribution is 5.03. The Morgan fingerprint density at radius 3 is 2.80 bits per heavy atom. The van der Waals surface area contributed by atoms with Gasteiger partial charge in [0.1, 0.15) is 5.54 Å². The third-order valence-corrected chi connectivity index (χ3v) is 4.43. The lowest BCUT2D eigenvalue weighted by Gasteiger charge is -2.30. The summed E-state index contributed by atoms with van der Waals surface area (Å²) in [5.41, 5.74) is -0.385. The molecule has 4 heteroatoms. The summed E-state index contributed by atoms with van der Waals surface area (Å²) in [6.07, 6.45) is 4.61. The highest BCUT2D eigenvalue weighted by Crippen LogP contribution is 2.18. The van der Waals surface area contributed by atoms with Crippen molar-refractivity contribution in [2.24, 2.45) is 0 Å². The molecule has 20 heavy (non-hydrogen) atoms. The molecule has 0 bridgehead atoms. The van der Waals surface area contributed by atoms with Crippen LogP contribution in [0.3, 0.4) is 0 Å². The summed E-state index contributed by atoms with van der Waals surface area (Å²) < 4.78 is 0. The molecule has 0 saturated carbocycles. The van der Waals surface area contributed by atoms with E-state index in [1.807, 2.05) is 6.92 Å². The Hall–Kier alpha value is -0.630. The Labute approximate surface area is 125 Å². The quantitative estimate of drug-likeness (QED) is 0.702. The van der Waals surface area contributed by atoms with Crippen molar-refractivity contribution in [3.8, 4) is 6.07 Å². The van der Waals surface area contributed by atoms with E-state index in [0.29, 0.717) is 6.04 Å². The van der Waals surface area contributed by atoms with Crippen molar-refractivity contribution in [2.45, 2.75) is 58.0 Å². The average molecular weight is 280 g/mol. The number of nitriles is 1. The van der Waals surface area contributed by atoms with Gasteiger partial charge in [0.05, 0.1) is 6.07 Å². The molecule has 1 aliphatic rings. The molecule has 2 unspecified atom stereocenters. The predicted molar refractivity (Wildman–Crippen MR) is 84.7 cm³/mol. The maximum atomic E-state index is 9.35. The fraction of sp³-hybridized carbons (Fsp3) is 0.938. The highest BCUT2D eigenvalue weighted by Gasteiger charge is 2.26. The lowest BCUT2D eigenvalue weighted by atomic mass is 9.99. The first-order chi connectivity index (χ1) is 9.54. The van der Waals surface area contributed by atoms with Gasteiger partial charge < -0.3 is 4.90 Å². The van der Waals surface area contributed by atoms with Crippen molar-refractivity contribution in [1.29, 1.82) is 5.26 Å². The number of likely N-dealkylation sites (tertiary alicyclic amines) is 1. The number of likely N-dealkylation sites (N-methyl/N-ethyl adjacent to an activating group) is 2. The predicted octanol–water partition coefficient (Wildman–Crippen LogP) is 2.07. The summed E-state index contributed by atoms with van der Waals surface area (Å²) in [5.74, 6) is 0. The molecule has 1 aliphatic heterocycles. The van der Waals surface area contributed by atoms with Crippen molar-refractivity contribution in [3.05, 3.63) is 0 Å². The van der Waals surface area contributed by atoms with Crippen LogP contribution in [0.25, 0.3) is 0 Å². The third-order valence-electron chi connectivity index (χ3n) is 4.43. The van der Waals surface area contributed by atoms with Crippen LogP contribution in [0.1, 0.15) is 46.5 Å². The summed E-state index contributed by atoms with van der Waals surface area (Å²) >= 11 is 0. The molecule has 0 radical (unpaired) electrons. The summed E-state index contributed by atoms with van der Waals surface area (Å²) in [5, 5.41) is 12.7. The number of nitrogens with one attached hydrogen (secondary N) is 1. The molecule has 1 heterocycles. The fourth-order valence-electron chi connectivity index (χ4n) is 2.97.